The number of piperidine rings is 1. The van der Waals surface area contributed by atoms with Crippen LogP contribution in [0.4, 0.5) is 0 Å². The van der Waals surface area contributed by atoms with Gasteiger partial charge >= 0.3 is 0 Å². The van der Waals surface area contributed by atoms with Crippen molar-refractivity contribution in [3.05, 3.63) is 101 Å². The molecule has 0 spiro atoms. The maximum atomic E-state index is 13.6. The molecule has 2 aliphatic rings. The quantitative estimate of drug-likeness (QED) is 0.455. The van der Waals surface area contributed by atoms with Gasteiger partial charge in [-0.2, -0.15) is 0 Å². The number of fused-ring (bicyclic) bond motifs is 1. The summed E-state index contributed by atoms with van der Waals surface area (Å²) in [6.45, 7) is 2.60. The number of hydrazine groups is 1. The number of aryl methyl sites for hydroxylation is 1. The van der Waals surface area contributed by atoms with Crippen LogP contribution >= 0.6 is 0 Å². The Kier molecular flexibility index (Phi) is 6.63. The fourth-order valence-electron chi connectivity index (χ4n) is 5.22. The molecule has 6 heteroatoms. The number of hydrogen-bond donors (Lipinski definition) is 4. The number of hydrogen-bond acceptors (Lipinski definition) is 5. The van der Waals surface area contributed by atoms with Gasteiger partial charge in [0.2, 0.25) is 5.91 Å². The van der Waals surface area contributed by atoms with E-state index in [0.717, 1.165) is 23.3 Å². The van der Waals surface area contributed by atoms with Gasteiger partial charge in [-0.3, -0.25) is 10.1 Å². The number of rotatable bonds is 6. The minimum Gasteiger partial charge on any atom is -0.497 e. The van der Waals surface area contributed by atoms with Crippen LogP contribution in [0.15, 0.2) is 78.9 Å². The Morgan fingerprint density at radius 3 is 2.38 bits per heavy atom. The number of benzene rings is 3. The van der Waals surface area contributed by atoms with Gasteiger partial charge in [0.05, 0.1) is 19.3 Å². The van der Waals surface area contributed by atoms with Gasteiger partial charge < -0.3 is 10.1 Å². The third-order valence-electron chi connectivity index (χ3n) is 7.10. The molecule has 2 saturated heterocycles. The fraction of sp³-hybridized carbons (Fsp3) is 0.321. The van der Waals surface area contributed by atoms with E-state index < -0.39 is 0 Å². The van der Waals surface area contributed by atoms with Gasteiger partial charge in [-0.15, -0.1) is 0 Å². The van der Waals surface area contributed by atoms with Gasteiger partial charge in [0.1, 0.15) is 5.75 Å². The third-order valence-corrected chi connectivity index (χ3v) is 7.10. The highest BCUT2D eigenvalue weighted by Crippen LogP contribution is 2.42. The predicted octanol–water partition coefficient (Wildman–Crippen LogP) is 3.76. The summed E-state index contributed by atoms with van der Waals surface area (Å²) >= 11 is 0. The lowest BCUT2D eigenvalue weighted by atomic mass is 9.74. The van der Waals surface area contributed by atoms with Gasteiger partial charge in [0, 0.05) is 24.4 Å². The minimum atomic E-state index is -0.156. The molecule has 2 heterocycles. The van der Waals surface area contributed by atoms with E-state index in [9.17, 15) is 4.79 Å². The van der Waals surface area contributed by atoms with E-state index in [1.165, 1.54) is 11.1 Å². The Morgan fingerprint density at radius 1 is 0.941 bits per heavy atom. The molecule has 3 aromatic carbocycles. The number of carbonyl (C=O) groups is 1. The molecule has 5 atom stereocenters. The molecule has 0 aromatic heterocycles. The molecule has 3 aromatic rings. The Labute approximate surface area is 201 Å². The van der Waals surface area contributed by atoms with Crippen LogP contribution in [0.5, 0.6) is 5.75 Å². The van der Waals surface area contributed by atoms with Crippen molar-refractivity contribution in [1.29, 1.82) is 0 Å². The summed E-state index contributed by atoms with van der Waals surface area (Å²) in [5, 5.41) is 6.96. The second-order valence-corrected chi connectivity index (χ2v) is 9.27. The van der Waals surface area contributed by atoms with Crippen LogP contribution < -0.4 is 26.2 Å². The maximum absolute atomic E-state index is 13.6. The number of carbonyl (C=O) groups excluding carboxylic acids is 1. The molecule has 6 nitrogen and oxygen atoms in total. The topological polar surface area (TPSA) is 74.4 Å². The minimum absolute atomic E-state index is 0.0267. The third kappa shape index (κ3) is 4.71. The number of nitrogens with one attached hydrogen (secondary N) is 4. The van der Waals surface area contributed by atoms with Gasteiger partial charge in [0.25, 0.3) is 0 Å². The van der Waals surface area contributed by atoms with Crippen molar-refractivity contribution < 1.29 is 9.53 Å². The molecule has 0 radical (unpaired) electrons. The average Bonchev–Trinajstić information content (AvgIpc) is 3.32. The molecular formula is C28H32N4O2. The normalized spacial score (nSPS) is 26.0. The first kappa shape index (κ1) is 22.6. The van der Waals surface area contributed by atoms with Crippen LogP contribution in [0.25, 0.3) is 0 Å². The van der Waals surface area contributed by atoms with Gasteiger partial charge in [0.15, 0.2) is 0 Å². The molecule has 1 amide bonds. The van der Waals surface area contributed by atoms with Gasteiger partial charge in [-0.1, -0.05) is 72.3 Å². The summed E-state index contributed by atoms with van der Waals surface area (Å²) in [5.41, 5.74) is 11.5. The Bertz CT molecular complexity index is 1100. The number of methoxy groups -OCH3 is 1. The lowest BCUT2D eigenvalue weighted by molar-refractivity contribution is -0.129. The van der Waals surface area contributed by atoms with Crippen molar-refractivity contribution in [3.8, 4) is 5.75 Å². The Balaban J connectivity index is 1.39. The molecule has 2 fully saturated rings. The van der Waals surface area contributed by atoms with Crippen molar-refractivity contribution in [2.75, 3.05) is 7.11 Å². The molecule has 0 bridgehead atoms. The predicted molar refractivity (Wildman–Crippen MR) is 133 cm³/mol. The molecule has 34 heavy (non-hydrogen) atoms. The first-order valence-electron chi connectivity index (χ1n) is 11.9. The van der Waals surface area contributed by atoms with Crippen LogP contribution in [0.3, 0.4) is 0 Å². The molecule has 0 saturated carbocycles. The van der Waals surface area contributed by atoms with E-state index in [4.69, 9.17) is 4.74 Å². The van der Waals surface area contributed by atoms with Crippen molar-refractivity contribution in [2.24, 2.45) is 11.8 Å². The lowest BCUT2D eigenvalue weighted by Crippen LogP contribution is -2.54. The van der Waals surface area contributed by atoms with Crippen LogP contribution in [-0.4, -0.2) is 19.2 Å². The molecule has 5 rings (SSSR count). The van der Waals surface area contributed by atoms with Crippen molar-refractivity contribution in [3.63, 3.8) is 0 Å². The molecule has 0 aliphatic carbocycles. The summed E-state index contributed by atoms with van der Waals surface area (Å²) in [7, 11) is 1.67. The van der Waals surface area contributed by atoms with Crippen molar-refractivity contribution in [1.82, 2.24) is 21.5 Å². The standard InChI is InChI=1S/C28H32N4O2/c1-18-8-10-19(11-9-18)17-29-28(33)23-16-24(20-12-14-22(34-2)15-13-20)30-27-25(23)26(31-32-27)21-6-4-3-5-7-21/h3-15,23-27,30-32H,16-17H2,1-2H3,(H,29,33). The van der Waals surface area contributed by atoms with E-state index in [0.29, 0.717) is 6.54 Å². The molecule has 5 unspecified atom stereocenters. The number of ether oxygens (including phenoxy) is 1. The Hall–Kier alpha value is -3.19. The van der Waals surface area contributed by atoms with Crippen LogP contribution in [0.2, 0.25) is 0 Å². The highest BCUT2D eigenvalue weighted by atomic mass is 16.5. The van der Waals surface area contributed by atoms with Crippen LogP contribution in [0, 0.1) is 18.8 Å². The lowest BCUT2D eigenvalue weighted by Gasteiger charge is -2.40. The summed E-state index contributed by atoms with van der Waals surface area (Å²) in [4.78, 5) is 13.6. The molecule has 4 N–H and O–H groups in total. The first-order valence-corrected chi connectivity index (χ1v) is 11.9. The number of amides is 1. The van der Waals surface area contributed by atoms with Crippen LogP contribution in [0.1, 0.15) is 40.8 Å². The first-order chi connectivity index (χ1) is 16.6. The van der Waals surface area contributed by atoms with Crippen molar-refractivity contribution in [2.45, 2.75) is 38.1 Å². The van der Waals surface area contributed by atoms with E-state index in [-0.39, 0.29) is 36.0 Å². The Morgan fingerprint density at radius 2 is 1.68 bits per heavy atom. The molecule has 2 aliphatic heterocycles. The highest BCUT2D eigenvalue weighted by molar-refractivity contribution is 5.79. The van der Waals surface area contributed by atoms with Crippen molar-refractivity contribution >= 4 is 5.91 Å². The second-order valence-electron chi connectivity index (χ2n) is 9.27. The zero-order valence-corrected chi connectivity index (χ0v) is 19.6. The molecule has 176 valence electrons. The second kappa shape index (κ2) is 9.97. The summed E-state index contributed by atoms with van der Waals surface area (Å²) in [6, 6.07) is 26.9. The van der Waals surface area contributed by atoms with Crippen LogP contribution in [-0.2, 0) is 11.3 Å². The summed E-state index contributed by atoms with van der Waals surface area (Å²) in [6.07, 6.45) is 0.695. The van der Waals surface area contributed by atoms with Gasteiger partial charge in [-0.05, 0) is 42.2 Å². The summed E-state index contributed by atoms with van der Waals surface area (Å²) < 4.78 is 5.32. The van der Waals surface area contributed by atoms with E-state index in [1.54, 1.807) is 7.11 Å². The monoisotopic (exact) mass is 456 g/mol. The summed E-state index contributed by atoms with van der Waals surface area (Å²) in [5.74, 6) is 0.850. The largest absolute Gasteiger partial charge is 0.497 e. The SMILES string of the molecule is COc1ccc(C2CC(C(=O)NCc3ccc(C)cc3)C3C(NNC3c3ccccc3)N2)cc1. The van der Waals surface area contributed by atoms with E-state index >= 15 is 0 Å². The van der Waals surface area contributed by atoms with Gasteiger partial charge in [-0.25, -0.2) is 10.9 Å². The maximum Gasteiger partial charge on any atom is 0.223 e. The zero-order chi connectivity index (χ0) is 23.5. The zero-order valence-electron chi connectivity index (χ0n) is 19.6. The fourth-order valence-corrected chi connectivity index (χ4v) is 5.22. The smallest absolute Gasteiger partial charge is 0.223 e. The highest BCUT2D eigenvalue weighted by Gasteiger charge is 2.49. The van der Waals surface area contributed by atoms with E-state index in [1.807, 2.05) is 30.3 Å². The van der Waals surface area contributed by atoms with E-state index in [2.05, 4.69) is 76.9 Å². The molecular weight excluding hydrogens is 424 g/mol. The average molecular weight is 457 g/mol.